The molecule has 128 valence electrons. The summed E-state index contributed by atoms with van der Waals surface area (Å²) >= 11 is 12.4. The van der Waals surface area contributed by atoms with E-state index >= 15 is 0 Å². The van der Waals surface area contributed by atoms with Gasteiger partial charge in [-0.1, -0.05) is 11.6 Å². The average molecular weight is 685 g/mol. The van der Waals surface area contributed by atoms with Gasteiger partial charge in [0, 0.05) is 0 Å². The van der Waals surface area contributed by atoms with E-state index in [2.05, 4.69) is 22.6 Å². The Bertz CT molecular complexity index is 754. The Morgan fingerprint density at radius 2 is 1.75 bits per heavy atom. The molecule has 0 unspecified atom stereocenters. The Balaban J connectivity index is 2.30. The lowest BCUT2D eigenvalue weighted by atomic mass is 10.1. The summed E-state index contributed by atoms with van der Waals surface area (Å²) in [4.78, 5) is 10.9. The van der Waals surface area contributed by atoms with Crippen molar-refractivity contribution >= 4 is 85.3 Å². The SMILES string of the molecule is N[C@@H](Cc1cc(Cl)c(Oc2cc(I)c(O)c(I)c2)c(I)c1)C(=O)O. The molecule has 0 aromatic heterocycles. The Morgan fingerprint density at radius 3 is 2.25 bits per heavy atom. The standard InChI is InChI=1S/C15H11ClI3NO4/c16-8-1-6(3-12(20)15(22)23)2-11(19)14(8)24-7-4-9(17)13(21)10(18)5-7/h1-2,4-5,12,21H,3,20H2,(H,22,23)/t12-/m0/s1. The van der Waals surface area contributed by atoms with Crippen LogP contribution >= 0.6 is 79.4 Å². The van der Waals surface area contributed by atoms with Gasteiger partial charge in [-0.2, -0.15) is 0 Å². The number of carboxylic acids is 1. The highest BCUT2D eigenvalue weighted by molar-refractivity contribution is 14.1. The van der Waals surface area contributed by atoms with Crippen LogP contribution in [0.4, 0.5) is 0 Å². The van der Waals surface area contributed by atoms with Crippen molar-refractivity contribution in [1.29, 1.82) is 0 Å². The summed E-state index contributed by atoms with van der Waals surface area (Å²) in [6, 6.07) is 5.88. The predicted molar refractivity (Wildman–Crippen MR) is 117 cm³/mol. The number of rotatable bonds is 5. The van der Waals surface area contributed by atoms with Crippen LogP contribution in [0.3, 0.4) is 0 Å². The van der Waals surface area contributed by atoms with Crippen LogP contribution < -0.4 is 10.5 Å². The highest BCUT2D eigenvalue weighted by Crippen LogP contribution is 2.38. The smallest absolute Gasteiger partial charge is 0.320 e. The van der Waals surface area contributed by atoms with Crippen LogP contribution in [0.1, 0.15) is 5.56 Å². The zero-order valence-corrected chi connectivity index (χ0v) is 19.1. The van der Waals surface area contributed by atoms with E-state index in [-0.39, 0.29) is 12.2 Å². The molecule has 0 amide bonds. The lowest BCUT2D eigenvalue weighted by Gasteiger charge is -2.14. The Labute approximate surface area is 184 Å². The number of phenolic OH excluding ortho intramolecular Hbond substituents is 1. The van der Waals surface area contributed by atoms with E-state index < -0.39 is 12.0 Å². The number of carboxylic acid groups (broad SMARTS) is 1. The number of benzene rings is 2. The number of halogens is 4. The molecular weight excluding hydrogens is 674 g/mol. The summed E-state index contributed by atoms with van der Waals surface area (Å²) in [5.74, 6) is 0.177. The van der Waals surface area contributed by atoms with E-state index in [0.717, 1.165) is 9.13 Å². The number of carbonyl (C=O) groups is 1. The highest BCUT2D eigenvalue weighted by Gasteiger charge is 2.17. The fourth-order valence-corrected chi connectivity index (χ4v) is 4.84. The van der Waals surface area contributed by atoms with Crippen molar-refractivity contribution in [3.63, 3.8) is 0 Å². The van der Waals surface area contributed by atoms with Crippen LogP contribution in [0.15, 0.2) is 24.3 Å². The number of hydrogen-bond donors (Lipinski definition) is 3. The van der Waals surface area contributed by atoms with Gasteiger partial charge in [0.2, 0.25) is 0 Å². The van der Waals surface area contributed by atoms with Crippen molar-refractivity contribution in [2.75, 3.05) is 0 Å². The first kappa shape index (κ1) is 20.3. The van der Waals surface area contributed by atoms with E-state index in [0.29, 0.717) is 23.7 Å². The number of aromatic hydroxyl groups is 1. The minimum Gasteiger partial charge on any atom is -0.506 e. The van der Waals surface area contributed by atoms with Crippen LogP contribution in [-0.2, 0) is 11.2 Å². The molecule has 2 aromatic rings. The lowest BCUT2D eigenvalue weighted by Crippen LogP contribution is -2.32. The lowest BCUT2D eigenvalue weighted by molar-refractivity contribution is -0.138. The quantitative estimate of drug-likeness (QED) is 0.401. The second-order valence-electron chi connectivity index (χ2n) is 4.88. The Kier molecular flexibility index (Phi) is 7.22. The summed E-state index contributed by atoms with van der Waals surface area (Å²) in [5.41, 5.74) is 6.28. The molecule has 2 rings (SSSR count). The Morgan fingerprint density at radius 1 is 1.17 bits per heavy atom. The molecule has 0 radical (unpaired) electrons. The molecule has 0 saturated carbocycles. The van der Waals surface area contributed by atoms with Crippen LogP contribution in [-0.4, -0.2) is 22.2 Å². The van der Waals surface area contributed by atoms with Crippen LogP contribution in [0.2, 0.25) is 5.02 Å². The van der Waals surface area contributed by atoms with Crippen LogP contribution in [0, 0.1) is 10.7 Å². The van der Waals surface area contributed by atoms with Crippen molar-refractivity contribution in [3.05, 3.63) is 45.6 Å². The minimum atomic E-state index is -1.06. The van der Waals surface area contributed by atoms with E-state index in [4.69, 9.17) is 27.2 Å². The predicted octanol–water partition coefficient (Wildman–Crippen LogP) is 4.61. The maximum atomic E-state index is 10.9. The minimum absolute atomic E-state index is 0.181. The fourth-order valence-electron chi connectivity index (χ4n) is 1.89. The first-order valence-electron chi connectivity index (χ1n) is 6.51. The number of hydrogen-bond acceptors (Lipinski definition) is 4. The van der Waals surface area contributed by atoms with Gasteiger partial charge in [-0.25, -0.2) is 0 Å². The summed E-state index contributed by atoms with van der Waals surface area (Å²) in [6.07, 6.45) is 0.181. The molecule has 0 heterocycles. The molecule has 5 nitrogen and oxygen atoms in total. The fraction of sp³-hybridized carbons (Fsp3) is 0.133. The van der Waals surface area contributed by atoms with Crippen molar-refractivity contribution in [2.45, 2.75) is 12.5 Å². The normalized spacial score (nSPS) is 12.0. The van der Waals surface area contributed by atoms with Crippen molar-refractivity contribution in [3.8, 4) is 17.2 Å². The van der Waals surface area contributed by atoms with Gasteiger partial charge < -0.3 is 20.7 Å². The van der Waals surface area contributed by atoms with Crippen molar-refractivity contribution in [2.24, 2.45) is 5.73 Å². The highest BCUT2D eigenvalue weighted by atomic mass is 127. The van der Waals surface area contributed by atoms with Gasteiger partial charge in [0.15, 0.2) is 5.75 Å². The first-order valence-corrected chi connectivity index (χ1v) is 10.1. The number of aliphatic carboxylic acids is 1. The van der Waals surface area contributed by atoms with Gasteiger partial charge in [-0.15, -0.1) is 0 Å². The van der Waals surface area contributed by atoms with Crippen LogP contribution in [0.25, 0.3) is 0 Å². The second kappa shape index (κ2) is 8.56. The van der Waals surface area contributed by atoms with Gasteiger partial charge in [0.1, 0.15) is 17.5 Å². The molecule has 2 aromatic carbocycles. The summed E-state index contributed by atoms with van der Waals surface area (Å²) < 4.78 is 7.94. The molecule has 0 bridgehead atoms. The van der Waals surface area contributed by atoms with Crippen LogP contribution in [0.5, 0.6) is 17.2 Å². The molecule has 24 heavy (non-hydrogen) atoms. The third-order valence-corrected chi connectivity index (χ3v) is 5.77. The van der Waals surface area contributed by atoms with Crippen molar-refractivity contribution in [1.82, 2.24) is 0 Å². The summed E-state index contributed by atoms with van der Waals surface area (Å²) in [7, 11) is 0. The molecule has 1 atom stereocenters. The maximum absolute atomic E-state index is 10.9. The van der Waals surface area contributed by atoms with Gasteiger partial charge in [0.25, 0.3) is 0 Å². The Hall–Kier alpha value is -0.0500. The molecule has 0 spiro atoms. The molecule has 0 aliphatic rings. The molecule has 4 N–H and O–H groups in total. The van der Waals surface area contributed by atoms with Gasteiger partial charge in [0.05, 0.1) is 15.7 Å². The number of ether oxygens (including phenoxy) is 1. The summed E-state index contributed by atoms with van der Waals surface area (Å²) in [6.45, 7) is 0. The molecule has 0 saturated heterocycles. The molecule has 0 aliphatic carbocycles. The maximum Gasteiger partial charge on any atom is 0.320 e. The number of nitrogens with two attached hydrogens (primary N) is 1. The first-order chi connectivity index (χ1) is 11.2. The van der Waals surface area contributed by atoms with E-state index in [1.807, 2.05) is 45.2 Å². The average Bonchev–Trinajstić information content (AvgIpc) is 2.48. The zero-order chi connectivity index (χ0) is 18.0. The molecular formula is C15H11ClI3NO4. The van der Waals surface area contributed by atoms with Gasteiger partial charge >= 0.3 is 5.97 Å². The van der Waals surface area contributed by atoms with Crippen molar-refractivity contribution < 1.29 is 19.7 Å². The monoisotopic (exact) mass is 685 g/mol. The number of phenols is 1. The van der Waals surface area contributed by atoms with Gasteiger partial charge in [-0.05, 0) is 104 Å². The van der Waals surface area contributed by atoms with E-state index in [9.17, 15) is 9.90 Å². The topological polar surface area (TPSA) is 92.8 Å². The third-order valence-electron chi connectivity index (χ3n) is 3.04. The summed E-state index contributed by atoms with van der Waals surface area (Å²) in [5, 5.41) is 19.1. The zero-order valence-electron chi connectivity index (χ0n) is 11.9. The van der Waals surface area contributed by atoms with Gasteiger partial charge in [-0.3, -0.25) is 4.79 Å². The largest absolute Gasteiger partial charge is 0.506 e. The molecule has 0 aliphatic heterocycles. The molecule has 0 fully saturated rings. The van der Waals surface area contributed by atoms with E-state index in [1.54, 1.807) is 24.3 Å². The van der Waals surface area contributed by atoms with E-state index in [1.165, 1.54) is 0 Å². The second-order valence-corrected chi connectivity index (χ2v) is 8.77. The molecule has 9 heteroatoms. The third kappa shape index (κ3) is 4.99.